The van der Waals surface area contributed by atoms with E-state index >= 15 is 0 Å². The van der Waals surface area contributed by atoms with Crippen molar-refractivity contribution in [3.8, 4) is 0 Å². The van der Waals surface area contributed by atoms with Crippen molar-refractivity contribution in [2.75, 3.05) is 11.9 Å². The van der Waals surface area contributed by atoms with Gasteiger partial charge in [0.1, 0.15) is 0 Å². The largest absolute Gasteiger partial charge is 0.385 e. The van der Waals surface area contributed by atoms with Crippen LogP contribution in [0.15, 0.2) is 42.5 Å². The molecule has 1 aromatic rings. The van der Waals surface area contributed by atoms with E-state index in [-0.39, 0.29) is 0 Å². The maximum absolute atomic E-state index is 3.42. The molecule has 0 aliphatic carbocycles. The summed E-state index contributed by atoms with van der Waals surface area (Å²) in [6.45, 7) is 3.31. The normalized spacial score (nSPS) is 10.9. The lowest BCUT2D eigenvalue weighted by Crippen LogP contribution is -2.00. The lowest BCUT2D eigenvalue weighted by atomic mass is 10.2. The Hall–Kier alpha value is -1.24. The Kier molecular flexibility index (Phi) is 8.09. The molecule has 0 bridgehead atoms. The average molecular weight is 231 g/mol. The molecule has 0 radical (unpaired) electrons. The second-order valence-electron chi connectivity index (χ2n) is 4.40. The fraction of sp³-hybridized carbons (Fsp3) is 0.500. The molecular formula is C16H25N. The number of benzene rings is 1. The van der Waals surface area contributed by atoms with Crippen LogP contribution in [0.4, 0.5) is 5.69 Å². The summed E-state index contributed by atoms with van der Waals surface area (Å²) in [6, 6.07) is 10.4. The van der Waals surface area contributed by atoms with Crippen molar-refractivity contribution >= 4 is 5.69 Å². The molecule has 1 aromatic carbocycles. The Balaban J connectivity index is 1.94. The Bertz CT molecular complexity index is 290. The molecule has 0 aliphatic rings. The molecule has 0 saturated heterocycles. The molecule has 1 heteroatoms. The lowest BCUT2D eigenvalue weighted by molar-refractivity contribution is 0.727. The van der Waals surface area contributed by atoms with Gasteiger partial charge in [0.25, 0.3) is 0 Å². The summed E-state index contributed by atoms with van der Waals surface area (Å²) in [5.74, 6) is 0. The lowest BCUT2D eigenvalue weighted by Gasteiger charge is -2.04. The van der Waals surface area contributed by atoms with Crippen LogP contribution in [-0.2, 0) is 0 Å². The summed E-state index contributed by atoms with van der Waals surface area (Å²) in [6.07, 6.45) is 12.3. The summed E-state index contributed by atoms with van der Waals surface area (Å²) < 4.78 is 0. The number of unbranched alkanes of at least 4 members (excludes halogenated alkanes) is 4. The van der Waals surface area contributed by atoms with E-state index < -0.39 is 0 Å². The second-order valence-corrected chi connectivity index (χ2v) is 4.40. The fourth-order valence-electron chi connectivity index (χ4n) is 1.76. The fourth-order valence-corrected chi connectivity index (χ4v) is 1.76. The molecule has 0 heterocycles. The van der Waals surface area contributed by atoms with Crippen LogP contribution in [0, 0.1) is 0 Å². The molecule has 0 unspecified atom stereocenters. The first-order valence-corrected chi connectivity index (χ1v) is 6.87. The molecular weight excluding hydrogens is 206 g/mol. The summed E-state index contributed by atoms with van der Waals surface area (Å²) in [4.78, 5) is 0. The third-order valence-corrected chi connectivity index (χ3v) is 2.79. The molecule has 94 valence electrons. The van der Waals surface area contributed by atoms with Gasteiger partial charge in [0.05, 0.1) is 0 Å². The van der Waals surface area contributed by atoms with Crippen molar-refractivity contribution in [2.45, 2.75) is 45.4 Å². The van der Waals surface area contributed by atoms with E-state index in [1.807, 2.05) is 6.07 Å². The van der Waals surface area contributed by atoms with Crippen LogP contribution in [0.1, 0.15) is 45.4 Å². The van der Waals surface area contributed by atoms with Crippen LogP contribution in [0.5, 0.6) is 0 Å². The minimum absolute atomic E-state index is 1.06. The van der Waals surface area contributed by atoms with Gasteiger partial charge in [-0.2, -0.15) is 0 Å². The van der Waals surface area contributed by atoms with Gasteiger partial charge in [0, 0.05) is 12.2 Å². The van der Waals surface area contributed by atoms with Gasteiger partial charge in [-0.15, -0.1) is 0 Å². The zero-order chi connectivity index (χ0) is 12.2. The molecule has 1 nitrogen and oxygen atoms in total. The molecule has 0 atom stereocenters. The van der Waals surface area contributed by atoms with Gasteiger partial charge >= 0.3 is 0 Å². The Morgan fingerprint density at radius 2 is 1.65 bits per heavy atom. The number of hydrogen-bond donors (Lipinski definition) is 1. The summed E-state index contributed by atoms with van der Waals surface area (Å²) in [5, 5.41) is 3.42. The predicted octanol–water partition coefficient (Wildman–Crippen LogP) is 5.02. The quantitative estimate of drug-likeness (QED) is 0.465. The van der Waals surface area contributed by atoms with E-state index in [1.54, 1.807) is 0 Å². The second kappa shape index (κ2) is 9.95. The third kappa shape index (κ3) is 7.62. The number of anilines is 1. The van der Waals surface area contributed by atoms with E-state index in [9.17, 15) is 0 Å². The molecule has 0 aliphatic heterocycles. The zero-order valence-corrected chi connectivity index (χ0v) is 11.0. The molecule has 0 aromatic heterocycles. The Morgan fingerprint density at radius 3 is 2.35 bits per heavy atom. The van der Waals surface area contributed by atoms with Gasteiger partial charge in [-0.25, -0.2) is 0 Å². The number of para-hydroxylation sites is 1. The highest BCUT2D eigenvalue weighted by Crippen LogP contribution is 2.05. The molecule has 0 amide bonds. The van der Waals surface area contributed by atoms with Crippen molar-refractivity contribution < 1.29 is 0 Å². The van der Waals surface area contributed by atoms with Crippen molar-refractivity contribution in [3.05, 3.63) is 42.5 Å². The van der Waals surface area contributed by atoms with Crippen LogP contribution < -0.4 is 5.32 Å². The van der Waals surface area contributed by atoms with Gasteiger partial charge in [0.15, 0.2) is 0 Å². The Labute approximate surface area is 106 Å². The molecule has 1 rings (SSSR count). The topological polar surface area (TPSA) is 12.0 Å². The van der Waals surface area contributed by atoms with E-state index in [4.69, 9.17) is 0 Å². The maximum Gasteiger partial charge on any atom is 0.0340 e. The first kappa shape index (κ1) is 13.8. The van der Waals surface area contributed by atoms with Gasteiger partial charge in [0.2, 0.25) is 0 Å². The molecule has 1 N–H and O–H groups in total. The smallest absolute Gasteiger partial charge is 0.0340 e. The van der Waals surface area contributed by atoms with Crippen molar-refractivity contribution in [2.24, 2.45) is 0 Å². The zero-order valence-electron chi connectivity index (χ0n) is 11.0. The summed E-state index contributed by atoms with van der Waals surface area (Å²) >= 11 is 0. The first-order valence-electron chi connectivity index (χ1n) is 6.87. The number of nitrogens with one attached hydrogen (secondary N) is 1. The standard InChI is InChI=1S/C16H25N/c1-2-3-4-5-6-7-8-12-15-17-16-13-10-9-11-14-16/h6-7,9-11,13-14,17H,2-5,8,12,15H2,1H3. The molecule has 0 spiro atoms. The molecule has 0 saturated carbocycles. The van der Waals surface area contributed by atoms with Crippen LogP contribution in [0.3, 0.4) is 0 Å². The monoisotopic (exact) mass is 231 g/mol. The molecule has 17 heavy (non-hydrogen) atoms. The first-order chi connectivity index (χ1) is 8.43. The van der Waals surface area contributed by atoms with Gasteiger partial charge in [-0.3, -0.25) is 0 Å². The van der Waals surface area contributed by atoms with E-state index in [0.29, 0.717) is 0 Å². The van der Waals surface area contributed by atoms with Gasteiger partial charge in [-0.05, 0) is 37.8 Å². The van der Waals surface area contributed by atoms with E-state index in [2.05, 4.69) is 48.7 Å². The van der Waals surface area contributed by atoms with Crippen molar-refractivity contribution in [1.29, 1.82) is 0 Å². The van der Waals surface area contributed by atoms with Crippen LogP contribution in [0.2, 0.25) is 0 Å². The Morgan fingerprint density at radius 1 is 0.941 bits per heavy atom. The summed E-state index contributed by atoms with van der Waals surface area (Å²) in [5.41, 5.74) is 1.22. The third-order valence-electron chi connectivity index (χ3n) is 2.79. The highest BCUT2D eigenvalue weighted by Gasteiger charge is 1.88. The van der Waals surface area contributed by atoms with Crippen molar-refractivity contribution in [3.63, 3.8) is 0 Å². The maximum atomic E-state index is 3.42. The van der Waals surface area contributed by atoms with Crippen LogP contribution >= 0.6 is 0 Å². The van der Waals surface area contributed by atoms with Gasteiger partial charge in [-0.1, -0.05) is 50.1 Å². The number of rotatable bonds is 9. The highest BCUT2D eigenvalue weighted by molar-refractivity contribution is 5.42. The van der Waals surface area contributed by atoms with Crippen LogP contribution in [-0.4, -0.2) is 6.54 Å². The number of allylic oxidation sites excluding steroid dienone is 2. The SMILES string of the molecule is CCCCCC=CCCCNc1ccccc1. The van der Waals surface area contributed by atoms with E-state index in [0.717, 1.165) is 6.54 Å². The highest BCUT2D eigenvalue weighted by atomic mass is 14.9. The number of hydrogen-bond acceptors (Lipinski definition) is 1. The minimum atomic E-state index is 1.06. The molecule has 0 fully saturated rings. The average Bonchev–Trinajstić information content (AvgIpc) is 2.38. The predicted molar refractivity (Wildman–Crippen MR) is 77.4 cm³/mol. The van der Waals surface area contributed by atoms with Gasteiger partial charge < -0.3 is 5.32 Å². The van der Waals surface area contributed by atoms with E-state index in [1.165, 1.54) is 44.2 Å². The van der Waals surface area contributed by atoms with Crippen molar-refractivity contribution in [1.82, 2.24) is 0 Å². The van der Waals surface area contributed by atoms with Crippen LogP contribution in [0.25, 0.3) is 0 Å². The minimum Gasteiger partial charge on any atom is -0.385 e. The summed E-state index contributed by atoms with van der Waals surface area (Å²) in [7, 11) is 0.